The molecule has 1 aliphatic carbocycles. The molecule has 0 saturated heterocycles. The average Bonchev–Trinajstić information content (AvgIpc) is 3.23. The number of carbonyl (C=O) groups excluding carboxylic acids is 4. The molecule has 0 unspecified atom stereocenters. The van der Waals surface area contributed by atoms with Gasteiger partial charge in [-0.25, -0.2) is 0 Å². The lowest BCUT2D eigenvalue weighted by atomic mass is 9.91. The molecule has 0 radical (unpaired) electrons. The van der Waals surface area contributed by atoms with E-state index in [2.05, 4.69) is 37.5 Å². The molecule has 358 valence electrons. The van der Waals surface area contributed by atoms with Crippen LogP contribution in [0.3, 0.4) is 0 Å². The van der Waals surface area contributed by atoms with Crippen LogP contribution in [0.15, 0.2) is 0 Å². The van der Waals surface area contributed by atoms with E-state index in [-0.39, 0.29) is 55.5 Å². The third-order valence-electron chi connectivity index (χ3n) is 12.2. The maximum atomic E-state index is 12.5. The molecule has 1 rings (SSSR count). The van der Waals surface area contributed by atoms with Crippen molar-refractivity contribution in [1.82, 2.24) is 9.80 Å². The van der Waals surface area contributed by atoms with Gasteiger partial charge in [0.2, 0.25) is 0 Å². The Morgan fingerprint density at radius 1 is 0.459 bits per heavy atom. The van der Waals surface area contributed by atoms with Crippen LogP contribution in [0.25, 0.3) is 0 Å². The van der Waals surface area contributed by atoms with Crippen molar-refractivity contribution in [2.24, 2.45) is 11.8 Å². The summed E-state index contributed by atoms with van der Waals surface area (Å²) in [5.74, 6) is -0.665. The Morgan fingerprint density at radius 2 is 0.836 bits per heavy atom. The third kappa shape index (κ3) is 33.0. The second kappa shape index (κ2) is 40.5. The number of aliphatic hydroxyl groups is 1. The first-order chi connectivity index (χ1) is 29.8. The van der Waals surface area contributed by atoms with Crippen LogP contribution in [-0.2, 0) is 38.1 Å². The minimum atomic E-state index is -0.167. The fourth-order valence-corrected chi connectivity index (χ4v) is 7.84. The Kier molecular flexibility index (Phi) is 37.7. The SMILES string of the molecule is CCCCCCC(=O)OCC(CCCCN(CCO)CCN(CCCCC(COC(=O)CCCCCC)COC(=O)CCCCCC)C1CCC1)COC(=O)CCCCCC. The van der Waals surface area contributed by atoms with Gasteiger partial charge in [0.05, 0.1) is 33.0 Å². The van der Waals surface area contributed by atoms with Crippen LogP contribution < -0.4 is 0 Å². The van der Waals surface area contributed by atoms with Gasteiger partial charge in [-0.15, -0.1) is 0 Å². The van der Waals surface area contributed by atoms with Crippen LogP contribution in [-0.4, -0.2) is 111 Å². The van der Waals surface area contributed by atoms with Crippen LogP contribution >= 0.6 is 0 Å². The average molecular weight is 867 g/mol. The zero-order chi connectivity index (χ0) is 44.6. The van der Waals surface area contributed by atoms with Gasteiger partial charge < -0.3 is 24.1 Å². The summed E-state index contributed by atoms with van der Waals surface area (Å²) in [5, 5.41) is 9.93. The maximum absolute atomic E-state index is 12.5. The van der Waals surface area contributed by atoms with Gasteiger partial charge in [-0.05, 0) is 77.3 Å². The summed E-state index contributed by atoms with van der Waals surface area (Å²) < 4.78 is 22.7. The van der Waals surface area contributed by atoms with E-state index < -0.39 is 0 Å². The summed E-state index contributed by atoms with van der Waals surface area (Å²) in [6.45, 7) is 14.2. The molecule has 0 aromatic carbocycles. The lowest BCUT2D eigenvalue weighted by Crippen LogP contribution is -2.45. The predicted molar refractivity (Wildman–Crippen MR) is 246 cm³/mol. The number of hydrogen-bond donors (Lipinski definition) is 1. The van der Waals surface area contributed by atoms with E-state index in [1.807, 2.05) is 0 Å². The van der Waals surface area contributed by atoms with Crippen molar-refractivity contribution in [3.05, 3.63) is 0 Å². The molecule has 0 aromatic heterocycles. The second-order valence-corrected chi connectivity index (χ2v) is 17.9. The summed E-state index contributed by atoms with van der Waals surface area (Å²) in [6, 6.07) is 0.596. The molecule has 1 saturated carbocycles. The zero-order valence-electron chi connectivity index (χ0n) is 39.9. The standard InChI is InChI=1S/C50H94N2O9/c1-5-9-13-17-30-47(54)58-40-44(41-59-48(55)31-18-14-10-6-2)26-21-23-34-51(38-39-53)36-37-52(46-28-25-29-46)35-24-22-27-45(42-60-49(56)32-19-15-11-7-3)43-61-50(57)33-20-16-12-8-4/h44-46,53H,5-43H2,1-4H3. The molecule has 0 aromatic rings. The number of hydrogen-bond acceptors (Lipinski definition) is 11. The van der Waals surface area contributed by atoms with E-state index in [9.17, 15) is 24.3 Å². The molecule has 0 spiro atoms. The molecule has 0 atom stereocenters. The van der Waals surface area contributed by atoms with E-state index >= 15 is 0 Å². The molecule has 0 heterocycles. The first kappa shape index (κ1) is 56.8. The zero-order valence-corrected chi connectivity index (χ0v) is 39.9. The summed E-state index contributed by atoms with van der Waals surface area (Å²) in [7, 11) is 0. The highest BCUT2D eigenvalue weighted by Gasteiger charge is 2.25. The minimum Gasteiger partial charge on any atom is -0.465 e. The van der Waals surface area contributed by atoms with Crippen LogP contribution in [0.5, 0.6) is 0 Å². The van der Waals surface area contributed by atoms with Crippen LogP contribution in [0, 0.1) is 11.8 Å². The topological polar surface area (TPSA) is 132 Å². The number of nitrogens with zero attached hydrogens (tertiary/aromatic N) is 2. The molecular formula is C50H94N2O9. The normalized spacial score (nSPS) is 13.0. The number of esters is 4. The predicted octanol–water partition coefficient (Wildman–Crippen LogP) is 10.8. The Hall–Kier alpha value is -2.24. The van der Waals surface area contributed by atoms with E-state index in [1.165, 1.54) is 19.3 Å². The Balaban J connectivity index is 2.66. The highest BCUT2D eigenvalue weighted by Crippen LogP contribution is 2.25. The molecule has 1 fully saturated rings. The Labute approximate surface area is 373 Å². The van der Waals surface area contributed by atoms with Crippen LogP contribution in [0.1, 0.15) is 214 Å². The Morgan fingerprint density at radius 3 is 1.16 bits per heavy atom. The van der Waals surface area contributed by atoms with Crippen molar-refractivity contribution in [2.75, 3.05) is 65.8 Å². The van der Waals surface area contributed by atoms with Gasteiger partial charge in [0.15, 0.2) is 0 Å². The monoisotopic (exact) mass is 867 g/mol. The highest BCUT2D eigenvalue weighted by molar-refractivity contribution is 5.70. The number of aliphatic hydroxyl groups excluding tert-OH is 1. The van der Waals surface area contributed by atoms with Crippen molar-refractivity contribution >= 4 is 23.9 Å². The first-order valence-corrected chi connectivity index (χ1v) is 25.5. The van der Waals surface area contributed by atoms with Crippen LogP contribution in [0.4, 0.5) is 0 Å². The van der Waals surface area contributed by atoms with Crippen molar-refractivity contribution in [1.29, 1.82) is 0 Å². The molecule has 11 heteroatoms. The summed E-state index contributed by atoms with van der Waals surface area (Å²) >= 11 is 0. The highest BCUT2D eigenvalue weighted by atomic mass is 16.6. The van der Waals surface area contributed by atoms with Gasteiger partial charge in [0.25, 0.3) is 0 Å². The summed E-state index contributed by atoms with van der Waals surface area (Å²) in [4.78, 5) is 54.8. The lowest BCUT2D eigenvalue weighted by Gasteiger charge is -2.39. The van der Waals surface area contributed by atoms with Gasteiger partial charge in [-0.2, -0.15) is 0 Å². The molecule has 1 aliphatic rings. The van der Waals surface area contributed by atoms with Gasteiger partial charge in [0.1, 0.15) is 0 Å². The fourth-order valence-electron chi connectivity index (χ4n) is 7.84. The van der Waals surface area contributed by atoms with E-state index in [4.69, 9.17) is 18.9 Å². The van der Waals surface area contributed by atoms with E-state index in [1.54, 1.807) is 0 Å². The lowest BCUT2D eigenvalue weighted by molar-refractivity contribution is -0.151. The summed E-state index contributed by atoms with van der Waals surface area (Å²) in [5.41, 5.74) is 0. The first-order valence-electron chi connectivity index (χ1n) is 25.5. The molecule has 1 N–H and O–H groups in total. The molecule has 61 heavy (non-hydrogen) atoms. The fraction of sp³-hybridized carbons (Fsp3) is 0.920. The number of carbonyl (C=O) groups is 4. The maximum Gasteiger partial charge on any atom is 0.305 e. The third-order valence-corrected chi connectivity index (χ3v) is 12.2. The van der Waals surface area contributed by atoms with Crippen molar-refractivity contribution in [3.63, 3.8) is 0 Å². The summed E-state index contributed by atoms with van der Waals surface area (Å²) in [6.07, 6.45) is 27.5. The van der Waals surface area contributed by atoms with Gasteiger partial charge in [-0.3, -0.25) is 29.0 Å². The second-order valence-electron chi connectivity index (χ2n) is 17.9. The molecule has 11 nitrogen and oxygen atoms in total. The molecular weight excluding hydrogens is 773 g/mol. The quantitative estimate of drug-likeness (QED) is 0.0357. The van der Waals surface area contributed by atoms with Gasteiger partial charge in [0, 0.05) is 63.2 Å². The van der Waals surface area contributed by atoms with E-state index in [0.717, 1.165) is 167 Å². The number of ether oxygens (including phenoxy) is 4. The molecule has 0 bridgehead atoms. The van der Waals surface area contributed by atoms with Crippen molar-refractivity contribution < 1.29 is 43.2 Å². The van der Waals surface area contributed by atoms with Gasteiger partial charge >= 0.3 is 23.9 Å². The minimum absolute atomic E-state index is 0.00109. The Bertz CT molecular complexity index is 1020. The number of unbranched alkanes of at least 4 members (excludes halogenated alkanes) is 14. The van der Waals surface area contributed by atoms with Crippen LogP contribution in [0.2, 0.25) is 0 Å². The van der Waals surface area contributed by atoms with Gasteiger partial charge in [-0.1, -0.05) is 124 Å². The molecule has 0 amide bonds. The van der Waals surface area contributed by atoms with Crippen molar-refractivity contribution in [3.8, 4) is 0 Å². The number of rotatable bonds is 44. The van der Waals surface area contributed by atoms with E-state index in [0.29, 0.717) is 51.5 Å². The largest absolute Gasteiger partial charge is 0.465 e. The van der Waals surface area contributed by atoms with Crippen molar-refractivity contribution in [2.45, 2.75) is 220 Å². The molecule has 0 aliphatic heterocycles. The smallest absolute Gasteiger partial charge is 0.305 e.